The largest absolute Gasteiger partial charge is 0.374 e. The van der Waals surface area contributed by atoms with Crippen LogP contribution in [0.5, 0.6) is 0 Å². The molecule has 84 valence electrons. The van der Waals surface area contributed by atoms with Gasteiger partial charge in [0.1, 0.15) is 11.9 Å². The zero-order valence-corrected chi connectivity index (χ0v) is 9.41. The van der Waals surface area contributed by atoms with E-state index in [0.717, 1.165) is 19.3 Å². The second-order valence-electron chi connectivity index (χ2n) is 5.02. The number of methoxy groups -OCH3 is 1. The Kier molecular flexibility index (Phi) is 2.67. The van der Waals surface area contributed by atoms with E-state index in [2.05, 4.69) is 0 Å². The SMILES string of the molecule is COC1CC[C@@H]2CC(=O)CC[C@]2(C)C1=O. The van der Waals surface area contributed by atoms with Gasteiger partial charge in [-0.15, -0.1) is 0 Å². The van der Waals surface area contributed by atoms with Gasteiger partial charge in [-0.25, -0.2) is 0 Å². The van der Waals surface area contributed by atoms with Crippen molar-refractivity contribution in [2.75, 3.05) is 7.11 Å². The first-order valence-corrected chi connectivity index (χ1v) is 5.66. The maximum Gasteiger partial charge on any atom is 0.167 e. The van der Waals surface area contributed by atoms with E-state index in [1.165, 1.54) is 0 Å². The van der Waals surface area contributed by atoms with E-state index in [0.29, 0.717) is 18.6 Å². The van der Waals surface area contributed by atoms with E-state index in [-0.39, 0.29) is 23.2 Å². The van der Waals surface area contributed by atoms with E-state index in [1.807, 2.05) is 6.92 Å². The number of Topliss-reactive ketones (excluding diaryl/α,β-unsaturated/α-hetero) is 2. The van der Waals surface area contributed by atoms with E-state index < -0.39 is 0 Å². The molecule has 0 aromatic heterocycles. The van der Waals surface area contributed by atoms with Crippen molar-refractivity contribution in [3.63, 3.8) is 0 Å². The van der Waals surface area contributed by atoms with Crippen molar-refractivity contribution in [1.29, 1.82) is 0 Å². The van der Waals surface area contributed by atoms with Crippen LogP contribution in [0.25, 0.3) is 0 Å². The summed E-state index contributed by atoms with van der Waals surface area (Å²) in [4.78, 5) is 23.6. The zero-order chi connectivity index (χ0) is 11.1. The molecule has 2 saturated carbocycles. The number of hydrogen-bond acceptors (Lipinski definition) is 3. The van der Waals surface area contributed by atoms with Gasteiger partial charge in [0.2, 0.25) is 0 Å². The van der Waals surface area contributed by atoms with Crippen molar-refractivity contribution in [3.8, 4) is 0 Å². The van der Waals surface area contributed by atoms with Crippen LogP contribution in [0.3, 0.4) is 0 Å². The van der Waals surface area contributed by atoms with Gasteiger partial charge in [-0.05, 0) is 25.2 Å². The second-order valence-corrected chi connectivity index (χ2v) is 5.02. The summed E-state index contributed by atoms with van der Waals surface area (Å²) in [5.41, 5.74) is -0.299. The molecule has 2 aliphatic carbocycles. The molecule has 0 aliphatic heterocycles. The van der Waals surface area contributed by atoms with E-state index in [4.69, 9.17) is 4.74 Å². The molecule has 15 heavy (non-hydrogen) atoms. The van der Waals surface area contributed by atoms with Gasteiger partial charge in [0.25, 0.3) is 0 Å². The quantitative estimate of drug-likeness (QED) is 0.662. The van der Waals surface area contributed by atoms with Crippen LogP contribution in [-0.4, -0.2) is 24.8 Å². The van der Waals surface area contributed by atoms with Crippen LogP contribution in [0, 0.1) is 11.3 Å². The molecule has 0 N–H and O–H groups in total. The normalized spacial score (nSPS) is 41.5. The molecule has 0 bridgehead atoms. The van der Waals surface area contributed by atoms with Gasteiger partial charge in [-0.2, -0.15) is 0 Å². The number of carbonyl (C=O) groups is 2. The molecule has 3 nitrogen and oxygen atoms in total. The van der Waals surface area contributed by atoms with Gasteiger partial charge in [0.05, 0.1) is 0 Å². The standard InChI is InChI=1S/C12H18O3/c1-12-6-5-9(13)7-8(12)3-4-10(15-2)11(12)14/h8,10H,3-7H2,1-2H3/t8-,10?,12+/m1/s1. The lowest BCUT2D eigenvalue weighted by Gasteiger charge is -2.45. The Hall–Kier alpha value is -0.700. The topological polar surface area (TPSA) is 43.4 Å². The van der Waals surface area contributed by atoms with Crippen molar-refractivity contribution in [2.24, 2.45) is 11.3 Å². The molecule has 0 aromatic carbocycles. The summed E-state index contributed by atoms with van der Waals surface area (Å²) < 4.78 is 5.21. The van der Waals surface area contributed by atoms with Crippen molar-refractivity contribution in [1.82, 2.24) is 0 Å². The van der Waals surface area contributed by atoms with Crippen LogP contribution in [0.4, 0.5) is 0 Å². The summed E-state index contributed by atoms with van der Waals surface area (Å²) in [6, 6.07) is 0. The lowest BCUT2D eigenvalue weighted by molar-refractivity contribution is -0.152. The first-order valence-electron chi connectivity index (χ1n) is 5.66. The smallest absolute Gasteiger partial charge is 0.167 e. The van der Waals surface area contributed by atoms with Crippen LogP contribution in [0.2, 0.25) is 0 Å². The summed E-state index contributed by atoms with van der Waals surface area (Å²) in [5, 5.41) is 0. The third-order valence-corrected chi connectivity index (χ3v) is 4.22. The molecular formula is C12H18O3. The molecule has 3 heteroatoms. The number of ketones is 2. The monoisotopic (exact) mass is 210 g/mol. The fourth-order valence-electron chi connectivity index (χ4n) is 3.03. The highest BCUT2D eigenvalue weighted by molar-refractivity contribution is 5.92. The predicted octanol–water partition coefficient (Wildman–Crippen LogP) is 1.74. The fraction of sp³-hybridized carbons (Fsp3) is 0.833. The minimum absolute atomic E-state index is 0.216. The zero-order valence-electron chi connectivity index (χ0n) is 9.41. The maximum absolute atomic E-state index is 12.2. The number of ether oxygens (including phenoxy) is 1. The first kappa shape index (κ1) is 10.8. The highest BCUT2D eigenvalue weighted by Gasteiger charge is 2.50. The van der Waals surface area contributed by atoms with Crippen molar-refractivity contribution < 1.29 is 14.3 Å². The average molecular weight is 210 g/mol. The van der Waals surface area contributed by atoms with Gasteiger partial charge in [-0.3, -0.25) is 9.59 Å². The molecular weight excluding hydrogens is 192 g/mol. The van der Waals surface area contributed by atoms with Crippen LogP contribution in [0.1, 0.15) is 39.0 Å². The van der Waals surface area contributed by atoms with Gasteiger partial charge in [-0.1, -0.05) is 6.92 Å². The van der Waals surface area contributed by atoms with Crippen LogP contribution in [-0.2, 0) is 14.3 Å². The van der Waals surface area contributed by atoms with Gasteiger partial charge >= 0.3 is 0 Å². The summed E-state index contributed by atoms with van der Waals surface area (Å²) in [7, 11) is 1.60. The summed E-state index contributed by atoms with van der Waals surface area (Å²) in [6.07, 6.45) is 3.37. The van der Waals surface area contributed by atoms with Gasteiger partial charge < -0.3 is 4.74 Å². The molecule has 0 saturated heterocycles. The average Bonchev–Trinajstić information content (AvgIpc) is 2.22. The van der Waals surface area contributed by atoms with Gasteiger partial charge in [0.15, 0.2) is 5.78 Å². The third kappa shape index (κ3) is 1.63. The van der Waals surface area contributed by atoms with Crippen molar-refractivity contribution in [2.45, 2.75) is 45.1 Å². The fourth-order valence-corrected chi connectivity index (χ4v) is 3.03. The van der Waals surface area contributed by atoms with Crippen LogP contribution in [0.15, 0.2) is 0 Å². The van der Waals surface area contributed by atoms with Crippen LogP contribution >= 0.6 is 0 Å². The molecule has 2 rings (SSSR count). The lowest BCUT2D eigenvalue weighted by Crippen LogP contribution is -2.50. The van der Waals surface area contributed by atoms with E-state index in [1.54, 1.807) is 7.11 Å². The number of fused-ring (bicyclic) bond motifs is 1. The Labute approximate surface area is 90.2 Å². The predicted molar refractivity (Wildman–Crippen MR) is 55.5 cm³/mol. The Balaban J connectivity index is 2.21. The number of hydrogen-bond donors (Lipinski definition) is 0. The molecule has 1 unspecified atom stereocenters. The number of rotatable bonds is 1. The molecule has 0 amide bonds. The van der Waals surface area contributed by atoms with E-state index in [9.17, 15) is 9.59 Å². The lowest BCUT2D eigenvalue weighted by atomic mass is 9.59. The minimum atomic E-state index is -0.299. The summed E-state index contributed by atoms with van der Waals surface area (Å²) in [6.45, 7) is 2.01. The first-order chi connectivity index (χ1) is 7.08. The Bertz CT molecular complexity index is 297. The summed E-state index contributed by atoms with van der Waals surface area (Å²) >= 11 is 0. The third-order valence-electron chi connectivity index (χ3n) is 4.22. The molecule has 2 fully saturated rings. The summed E-state index contributed by atoms with van der Waals surface area (Å²) in [5.74, 6) is 0.799. The number of carbonyl (C=O) groups excluding carboxylic acids is 2. The minimum Gasteiger partial charge on any atom is -0.374 e. The van der Waals surface area contributed by atoms with Gasteiger partial charge in [0, 0.05) is 25.4 Å². The maximum atomic E-state index is 12.2. The molecule has 0 spiro atoms. The van der Waals surface area contributed by atoms with Crippen LogP contribution < -0.4 is 0 Å². The second kappa shape index (κ2) is 3.71. The highest BCUT2D eigenvalue weighted by Crippen LogP contribution is 2.47. The molecule has 0 heterocycles. The van der Waals surface area contributed by atoms with Crippen molar-refractivity contribution in [3.05, 3.63) is 0 Å². The Morgan fingerprint density at radius 2 is 2.07 bits per heavy atom. The Morgan fingerprint density at radius 1 is 1.33 bits per heavy atom. The Morgan fingerprint density at radius 3 is 2.73 bits per heavy atom. The molecule has 3 atom stereocenters. The van der Waals surface area contributed by atoms with Crippen molar-refractivity contribution >= 4 is 11.6 Å². The highest BCUT2D eigenvalue weighted by atomic mass is 16.5. The van der Waals surface area contributed by atoms with E-state index >= 15 is 0 Å². The molecule has 2 aliphatic rings. The molecule has 0 radical (unpaired) electrons. The molecule has 0 aromatic rings.